The number of rotatable bonds is 8. The Hall–Kier alpha value is -1.84. The van der Waals surface area contributed by atoms with Gasteiger partial charge >= 0.3 is 0 Å². The second-order valence-electron chi connectivity index (χ2n) is 8.24. The first kappa shape index (κ1) is 23.8. The molecule has 3 rings (SSSR count). The summed E-state index contributed by atoms with van der Waals surface area (Å²) in [6.07, 6.45) is 6.02. The summed E-state index contributed by atoms with van der Waals surface area (Å²) in [5.74, 6) is 1.05. The largest absolute Gasteiger partial charge is 0.497 e. The van der Waals surface area contributed by atoms with E-state index in [2.05, 4.69) is 5.32 Å². The number of nitrogens with zero attached hydrogens (tertiary/aromatic N) is 2. The molecule has 1 aromatic carbocycles. The highest BCUT2D eigenvalue weighted by atomic mass is 32.2. The van der Waals surface area contributed by atoms with Crippen LogP contribution in [-0.2, 0) is 21.4 Å². The molecule has 8 nitrogen and oxygen atoms in total. The molecule has 1 amide bonds. The van der Waals surface area contributed by atoms with E-state index >= 15 is 0 Å². The van der Waals surface area contributed by atoms with Gasteiger partial charge in [0.2, 0.25) is 5.91 Å². The van der Waals surface area contributed by atoms with Gasteiger partial charge in [0.05, 0.1) is 20.1 Å². The van der Waals surface area contributed by atoms with Gasteiger partial charge < -0.3 is 14.8 Å². The van der Waals surface area contributed by atoms with E-state index in [1.54, 1.807) is 18.5 Å². The number of carbonyl (C=O) groups is 1. The van der Waals surface area contributed by atoms with Crippen LogP contribution in [0.1, 0.15) is 44.1 Å². The highest BCUT2D eigenvalue weighted by Gasteiger charge is 2.35. The minimum absolute atomic E-state index is 0.0803. The predicted octanol–water partition coefficient (Wildman–Crippen LogP) is 2.20. The maximum absolute atomic E-state index is 13.1. The van der Waals surface area contributed by atoms with Crippen LogP contribution < -0.4 is 14.8 Å². The lowest BCUT2D eigenvalue weighted by Gasteiger charge is -2.34. The molecule has 9 heteroatoms. The molecule has 0 unspecified atom stereocenters. The Labute approximate surface area is 186 Å². The van der Waals surface area contributed by atoms with E-state index in [9.17, 15) is 13.2 Å². The Balaban J connectivity index is 1.54. The van der Waals surface area contributed by atoms with Crippen molar-refractivity contribution in [3.8, 4) is 11.5 Å². The van der Waals surface area contributed by atoms with Crippen LogP contribution in [0.3, 0.4) is 0 Å². The van der Waals surface area contributed by atoms with Crippen LogP contribution >= 0.6 is 0 Å². The topological polar surface area (TPSA) is 88.2 Å². The van der Waals surface area contributed by atoms with E-state index in [0.29, 0.717) is 45.4 Å². The van der Waals surface area contributed by atoms with Crippen LogP contribution in [0.2, 0.25) is 0 Å². The number of piperidine rings is 1. The first-order valence-corrected chi connectivity index (χ1v) is 12.6. The van der Waals surface area contributed by atoms with Crippen molar-refractivity contribution >= 4 is 16.1 Å². The highest BCUT2D eigenvalue weighted by molar-refractivity contribution is 7.86. The number of amides is 1. The molecule has 2 aliphatic rings. The zero-order chi connectivity index (χ0) is 22.3. The molecule has 0 spiro atoms. The minimum atomic E-state index is -3.50. The molecule has 174 valence electrons. The molecule has 1 N–H and O–H groups in total. The number of hydrogen-bond acceptors (Lipinski definition) is 5. The lowest BCUT2D eigenvalue weighted by atomic mass is 9.98. The van der Waals surface area contributed by atoms with Gasteiger partial charge in [-0.05, 0) is 43.7 Å². The van der Waals surface area contributed by atoms with Crippen LogP contribution in [0.4, 0.5) is 0 Å². The zero-order valence-corrected chi connectivity index (χ0v) is 19.5. The molecule has 31 heavy (non-hydrogen) atoms. The molecule has 2 aliphatic heterocycles. The van der Waals surface area contributed by atoms with Crippen molar-refractivity contribution in [2.75, 3.05) is 46.9 Å². The lowest BCUT2D eigenvalue weighted by molar-refractivity contribution is -0.126. The van der Waals surface area contributed by atoms with Crippen LogP contribution in [0, 0.1) is 5.92 Å². The average Bonchev–Trinajstić information content (AvgIpc) is 3.09. The van der Waals surface area contributed by atoms with Gasteiger partial charge in [-0.15, -0.1) is 0 Å². The van der Waals surface area contributed by atoms with Crippen molar-refractivity contribution < 1.29 is 22.7 Å². The standard InChI is InChI=1S/C22H35N3O5S/c1-29-20-10-9-18(21(16-20)30-2)11-12-23-22(26)19-8-7-15-25(17-19)31(27,28)24-13-5-3-4-6-14-24/h9-10,16,19H,3-8,11-15,17H2,1-2H3,(H,23,26)/t19-/m1/s1. The highest BCUT2D eigenvalue weighted by Crippen LogP contribution is 2.25. The molecule has 2 heterocycles. The Morgan fingerprint density at radius 3 is 2.42 bits per heavy atom. The third kappa shape index (κ3) is 6.11. The molecule has 0 radical (unpaired) electrons. The summed E-state index contributed by atoms with van der Waals surface area (Å²) >= 11 is 0. The number of carbonyl (C=O) groups excluding carboxylic acids is 1. The molecule has 0 bridgehead atoms. The first-order chi connectivity index (χ1) is 15.0. The molecule has 1 aromatic rings. The van der Waals surface area contributed by atoms with Gasteiger partial charge in [-0.2, -0.15) is 17.0 Å². The van der Waals surface area contributed by atoms with Gasteiger partial charge in [0.15, 0.2) is 0 Å². The van der Waals surface area contributed by atoms with E-state index in [-0.39, 0.29) is 18.4 Å². The van der Waals surface area contributed by atoms with E-state index in [1.165, 1.54) is 4.31 Å². The Morgan fingerprint density at radius 1 is 1.03 bits per heavy atom. The van der Waals surface area contributed by atoms with Crippen molar-refractivity contribution in [1.82, 2.24) is 13.9 Å². The van der Waals surface area contributed by atoms with Crippen LogP contribution in [0.5, 0.6) is 11.5 Å². The SMILES string of the molecule is COc1ccc(CCNC(=O)[C@@H]2CCCN(S(=O)(=O)N3CCCCCC3)C2)c(OC)c1. The number of hydrogen-bond donors (Lipinski definition) is 1. The molecule has 0 saturated carbocycles. The first-order valence-electron chi connectivity index (χ1n) is 11.2. The fourth-order valence-electron chi connectivity index (χ4n) is 4.32. The fraction of sp³-hybridized carbons (Fsp3) is 0.682. The maximum atomic E-state index is 13.1. The van der Waals surface area contributed by atoms with Crippen molar-refractivity contribution in [3.05, 3.63) is 23.8 Å². The summed E-state index contributed by atoms with van der Waals surface area (Å²) in [4.78, 5) is 12.7. The smallest absolute Gasteiger partial charge is 0.281 e. The molecule has 0 aromatic heterocycles. The summed E-state index contributed by atoms with van der Waals surface area (Å²) in [6, 6.07) is 5.62. The van der Waals surface area contributed by atoms with Crippen molar-refractivity contribution in [3.63, 3.8) is 0 Å². The lowest BCUT2D eigenvalue weighted by Crippen LogP contribution is -2.50. The van der Waals surface area contributed by atoms with Crippen molar-refractivity contribution in [2.24, 2.45) is 5.92 Å². The summed E-state index contributed by atoms with van der Waals surface area (Å²) in [6.45, 7) is 2.39. The van der Waals surface area contributed by atoms with E-state index < -0.39 is 10.2 Å². The Morgan fingerprint density at radius 2 is 1.74 bits per heavy atom. The van der Waals surface area contributed by atoms with Crippen molar-refractivity contribution in [1.29, 1.82) is 0 Å². The number of ether oxygens (including phenoxy) is 2. The van der Waals surface area contributed by atoms with Gasteiger partial charge in [0.1, 0.15) is 11.5 Å². The Kier molecular flexibility index (Phi) is 8.57. The average molecular weight is 454 g/mol. The molecule has 2 fully saturated rings. The fourth-order valence-corrected chi connectivity index (χ4v) is 6.10. The number of nitrogens with one attached hydrogen (secondary N) is 1. The van der Waals surface area contributed by atoms with Gasteiger partial charge in [0, 0.05) is 38.8 Å². The number of benzene rings is 1. The minimum Gasteiger partial charge on any atom is -0.497 e. The van der Waals surface area contributed by atoms with Crippen molar-refractivity contribution in [2.45, 2.75) is 44.9 Å². The second-order valence-corrected chi connectivity index (χ2v) is 10.2. The van der Waals surface area contributed by atoms with E-state index in [1.807, 2.05) is 18.2 Å². The van der Waals surface area contributed by atoms with Gasteiger partial charge in [-0.25, -0.2) is 0 Å². The maximum Gasteiger partial charge on any atom is 0.281 e. The van der Waals surface area contributed by atoms with E-state index in [0.717, 1.165) is 42.7 Å². The third-order valence-electron chi connectivity index (χ3n) is 6.16. The molecular formula is C22H35N3O5S. The predicted molar refractivity (Wildman–Crippen MR) is 120 cm³/mol. The summed E-state index contributed by atoms with van der Waals surface area (Å²) < 4.78 is 39.9. The second kappa shape index (κ2) is 11.2. The number of methoxy groups -OCH3 is 2. The van der Waals surface area contributed by atoms with E-state index in [4.69, 9.17) is 9.47 Å². The van der Waals surface area contributed by atoms with Gasteiger partial charge in [-0.1, -0.05) is 18.9 Å². The van der Waals surface area contributed by atoms with Crippen LogP contribution in [0.15, 0.2) is 18.2 Å². The zero-order valence-electron chi connectivity index (χ0n) is 18.6. The van der Waals surface area contributed by atoms with Gasteiger partial charge in [-0.3, -0.25) is 4.79 Å². The Bertz CT molecular complexity index is 838. The summed E-state index contributed by atoms with van der Waals surface area (Å²) in [7, 11) is -0.280. The quantitative estimate of drug-likeness (QED) is 0.652. The molecule has 0 aliphatic carbocycles. The summed E-state index contributed by atoms with van der Waals surface area (Å²) in [5, 5.41) is 2.98. The molecule has 1 atom stereocenters. The third-order valence-corrected chi connectivity index (χ3v) is 8.16. The van der Waals surface area contributed by atoms with Crippen LogP contribution in [-0.4, -0.2) is 69.9 Å². The normalized spacial score (nSPS) is 21.3. The van der Waals surface area contributed by atoms with Gasteiger partial charge in [0.25, 0.3) is 10.2 Å². The molecule has 2 saturated heterocycles. The van der Waals surface area contributed by atoms with Crippen LogP contribution in [0.25, 0.3) is 0 Å². The summed E-state index contributed by atoms with van der Waals surface area (Å²) in [5.41, 5.74) is 0.984. The monoisotopic (exact) mass is 453 g/mol. The molecular weight excluding hydrogens is 418 g/mol.